The van der Waals surface area contributed by atoms with Crippen molar-refractivity contribution in [2.24, 2.45) is 5.73 Å². The zero-order valence-corrected chi connectivity index (χ0v) is 10.4. The van der Waals surface area contributed by atoms with Gasteiger partial charge in [0.05, 0.1) is 0 Å². The Hall–Kier alpha value is -2.40. The van der Waals surface area contributed by atoms with E-state index in [0.29, 0.717) is 0 Å². The molecule has 1 unspecified atom stereocenters. The van der Waals surface area contributed by atoms with Crippen molar-refractivity contribution < 1.29 is 29.7 Å². The quantitative estimate of drug-likeness (QED) is 0.119. The molecule has 0 aliphatic rings. The number of nitrogens with two attached hydrogens (primary N) is 1. The van der Waals surface area contributed by atoms with E-state index in [4.69, 9.17) is 26.5 Å². The van der Waals surface area contributed by atoms with Gasteiger partial charge in [0.1, 0.15) is 18.6 Å². The van der Waals surface area contributed by atoms with Gasteiger partial charge in [-0.25, -0.2) is 15.6 Å². The fourth-order valence-corrected chi connectivity index (χ4v) is 1.29. The smallest absolute Gasteiger partial charge is 0.326 e. The molecule has 0 rings (SSSR count). The van der Waals surface area contributed by atoms with Gasteiger partial charge in [-0.05, 0) is 12.8 Å². The van der Waals surface area contributed by atoms with Crippen molar-refractivity contribution in [3.05, 3.63) is 0 Å². The molecule has 11 nitrogen and oxygen atoms in total. The number of carboxylic acid groups (broad SMARTS) is 3. The van der Waals surface area contributed by atoms with Crippen molar-refractivity contribution in [3.8, 4) is 0 Å². The van der Waals surface area contributed by atoms with Crippen LogP contribution in [-0.2, 0) is 14.4 Å². The molecule has 0 aliphatic carbocycles. The minimum atomic E-state index is -1.28. The molecule has 114 valence electrons. The van der Waals surface area contributed by atoms with Gasteiger partial charge in [-0.15, -0.1) is 0 Å². The molecule has 0 aliphatic heterocycles. The van der Waals surface area contributed by atoms with Crippen LogP contribution in [0.3, 0.4) is 0 Å². The summed E-state index contributed by atoms with van der Waals surface area (Å²) in [5, 5.41) is 35.2. The van der Waals surface area contributed by atoms with Crippen LogP contribution in [0.4, 0.5) is 0 Å². The Kier molecular flexibility index (Phi) is 7.62. The number of hydrogen-bond donors (Lipinski definition) is 8. The van der Waals surface area contributed by atoms with Gasteiger partial charge in [0.2, 0.25) is 0 Å². The summed E-state index contributed by atoms with van der Waals surface area (Å²) in [6.45, 7) is -0.488. The third-order valence-corrected chi connectivity index (χ3v) is 2.19. The van der Waals surface area contributed by atoms with E-state index in [1.54, 1.807) is 0 Å². The van der Waals surface area contributed by atoms with E-state index in [1.165, 1.54) is 0 Å². The second kappa shape index (κ2) is 8.66. The van der Waals surface area contributed by atoms with Crippen molar-refractivity contribution in [3.63, 3.8) is 0 Å². The first-order valence-corrected chi connectivity index (χ1v) is 5.50. The van der Waals surface area contributed by atoms with Gasteiger partial charge in [-0.3, -0.25) is 15.0 Å². The van der Waals surface area contributed by atoms with Crippen LogP contribution in [-0.4, -0.2) is 57.8 Å². The highest BCUT2D eigenvalue weighted by molar-refractivity contribution is 5.82. The summed E-state index contributed by atoms with van der Waals surface area (Å²) in [6.07, 6.45) is -0.229. The van der Waals surface area contributed by atoms with Crippen molar-refractivity contribution in [1.82, 2.24) is 16.2 Å². The zero-order valence-electron chi connectivity index (χ0n) is 10.4. The van der Waals surface area contributed by atoms with Crippen LogP contribution >= 0.6 is 0 Å². The predicted octanol–water partition coefficient (Wildman–Crippen LogP) is -2.67. The minimum absolute atomic E-state index is 0.112. The highest BCUT2D eigenvalue weighted by Gasteiger charge is 2.23. The van der Waals surface area contributed by atoms with Gasteiger partial charge >= 0.3 is 17.9 Å². The number of guanidine groups is 1. The van der Waals surface area contributed by atoms with Crippen molar-refractivity contribution in [2.75, 3.05) is 6.54 Å². The molecule has 0 saturated carbocycles. The second-order valence-electron chi connectivity index (χ2n) is 3.81. The maximum atomic E-state index is 10.9. The molecule has 0 heterocycles. The van der Waals surface area contributed by atoms with Crippen molar-refractivity contribution >= 4 is 23.9 Å². The summed E-state index contributed by atoms with van der Waals surface area (Å²) in [5.74, 6) is -4.26. The molecule has 0 fully saturated rings. The first kappa shape index (κ1) is 17.6. The third-order valence-electron chi connectivity index (χ3n) is 2.19. The molecular weight excluding hydrogens is 274 g/mol. The topological polar surface area (TPSA) is 198 Å². The van der Waals surface area contributed by atoms with E-state index in [9.17, 15) is 14.4 Å². The fourth-order valence-electron chi connectivity index (χ4n) is 1.29. The average Bonchev–Trinajstić information content (AvgIpc) is 2.30. The molecule has 9 N–H and O–H groups in total. The maximum Gasteiger partial charge on any atom is 0.326 e. The first-order valence-electron chi connectivity index (χ1n) is 5.50. The van der Waals surface area contributed by atoms with E-state index >= 15 is 0 Å². The fraction of sp³-hybridized carbons (Fsp3) is 0.556. The van der Waals surface area contributed by atoms with Crippen molar-refractivity contribution in [2.45, 2.75) is 24.9 Å². The van der Waals surface area contributed by atoms with Gasteiger partial charge < -0.3 is 26.4 Å². The summed E-state index contributed by atoms with van der Waals surface area (Å²) < 4.78 is 0. The lowest BCUT2D eigenvalue weighted by Gasteiger charge is -2.18. The van der Waals surface area contributed by atoms with Gasteiger partial charge in [0, 0.05) is 0 Å². The van der Waals surface area contributed by atoms with Gasteiger partial charge in [0.15, 0.2) is 5.96 Å². The Labute approximate surface area is 113 Å². The number of aliphatic carboxylic acids is 3. The Bertz CT molecular complexity index is 387. The molecule has 0 spiro atoms. The summed E-state index contributed by atoms with van der Waals surface area (Å²) in [5.41, 5.74) is 9.47. The number of carboxylic acids is 3. The first-order chi connectivity index (χ1) is 9.23. The van der Waals surface area contributed by atoms with E-state index in [0.717, 1.165) is 0 Å². The molecule has 0 radical (unpaired) electrons. The standard InChI is InChI=1S/C9H17N5O6/c10-9(11)13-4(7(17)18)1-2-5(8(19)20)14-12-3-6(15)16/h4-5,12,14H,1-3H2,(H,15,16)(H,17,18)(H,19,20)(H4,10,11,13)/t4?,5-/m0/s1. The Morgan fingerprint density at radius 3 is 1.95 bits per heavy atom. The largest absolute Gasteiger partial charge is 0.480 e. The summed E-state index contributed by atoms with van der Waals surface area (Å²) in [4.78, 5) is 32.0. The predicted molar refractivity (Wildman–Crippen MR) is 65.9 cm³/mol. The van der Waals surface area contributed by atoms with Crippen LogP contribution in [0.5, 0.6) is 0 Å². The highest BCUT2D eigenvalue weighted by atomic mass is 16.4. The molecule has 0 bridgehead atoms. The van der Waals surface area contributed by atoms with Crippen LogP contribution in [0.1, 0.15) is 12.8 Å². The van der Waals surface area contributed by atoms with E-state index in [-0.39, 0.29) is 12.8 Å². The molecular formula is C9H17N5O6. The number of nitrogens with one attached hydrogen (secondary N) is 4. The number of carbonyl (C=O) groups is 3. The third kappa shape index (κ3) is 7.84. The van der Waals surface area contributed by atoms with E-state index in [1.807, 2.05) is 0 Å². The monoisotopic (exact) mass is 291 g/mol. The van der Waals surface area contributed by atoms with Crippen LogP contribution in [0, 0.1) is 5.41 Å². The van der Waals surface area contributed by atoms with Gasteiger partial charge in [-0.1, -0.05) is 0 Å². The lowest BCUT2D eigenvalue weighted by atomic mass is 10.1. The highest BCUT2D eigenvalue weighted by Crippen LogP contribution is 2.02. The average molecular weight is 291 g/mol. The molecule has 2 atom stereocenters. The Balaban J connectivity index is 4.36. The number of hydrazine groups is 1. The molecule has 0 aromatic heterocycles. The molecule has 11 heteroatoms. The van der Waals surface area contributed by atoms with Crippen LogP contribution < -0.4 is 21.9 Å². The normalized spacial score (nSPS) is 13.2. The van der Waals surface area contributed by atoms with Gasteiger partial charge in [0.25, 0.3) is 0 Å². The Morgan fingerprint density at radius 1 is 1.05 bits per heavy atom. The summed E-state index contributed by atoms with van der Waals surface area (Å²) in [7, 11) is 0. The van der Waals surface area contributed by atoms with E-state index in [2.05, 4.69) is 16.2 Å². The molecule has 0 saturated heterocycles. The Morgan fingerprint density at radius 2 is 1.55 bits per heavy atom. The van der Waals surface area contributed by atoms with Crippen LogP contribution in [0.25, 0.3) is 0 Å². The molecule has 20 heavy (non-hydrogen) atoms. The summed E-state index contributed by atoms with van der Waals surface area (Å²) >= 11 is 0. The minimum Gasteiger partial charge on any atom is -0.480 e. The van der Waals surface area contributed by atoms with Gasteiger partial charge in [-0.2, -0.15) is 0 Å². The number of rotatable bonds is 10. The molecule has 0 aromatic rings. The summed E-state index contributed by atoms with van der Waals surface area (Å²) in [6, 6.07) is -2.37. The number of hydrogen-bond acceptors (Lipinski definition) is 6. The molecule has 0 aromatic carbocycles. The van der Waals surface area contributed by atoms with Crippen LogP contribution in [0.15, 0.2) is 0 Å². The van der Waals surface area contributed by atoms with Crippen LogP contribution in [0.2, 0.25) is 0 Å². The lowest BCUT2D eigenvalue weighted by molar-refractivity contribution is -0.142. The van der Waals surface area contributed by atoms with Crippen molar-refractivity contribution in [1.29, 1.82) is 5.41 Å². The molecule has 0 amide bonds. The maximum absolute atomic E-state index is 10.9. The SMILES string of the molecule is N=C(N)NC(CC[C@H](NNCC(=O)O)C(=O)O)C(=O)O. The lowest BCUT2D eigenvalue weighted by Crippen LogP contribution is -2.49. The zero-order chi connectivity index (χ0) is 15.7. The van der Waals surface area contributed by atoms with E-state index < -0.39 is 42.5 Å². The second-order valence-corrected chi connectivity index (χ2v) is 3.81.